The van der Waals surface area contributed by atoms with Gasteiger partial charge in [0.05, 0.1) is 6.42 Å². The molecule has 1 heterocycles. The fourth-order valence-electron chi connectivity index (χ4n) is 3.97. The predicted octanol–water partition coefficient (Wildman–Crippen LogP) is 3.03. The van der Waals surface area contributed by atoms with E-state index in [0.29, 0.717) is 12.5 Å². The second kappa shape index (κ2) is 10.4. The maximum atomic E-state index is 12.6. The fourth-order valence-corrected chi connectivity index (χ4v) is 3.97. The van der Waals surface area contributed by atoms with Crippen molar-refractivity contribution in [3.8, 4) is 0 Å². The lowest BCUT2D eigenvalue weighted by atomic mass is 9.96. The number of nitrogens with one attached hydrogen (secondary N) is 3. The summed E-state index contributed by atoms with van der Waals surface area (Å²) in [6, 6.07) is 13.6. The maximum absolute atomic E-state index is 12.6. The molecule has 3 rings (SSSR count). The SMILES string of the molecule is CC(C)C(NC(=O)Cc1ccc2ccccc2c1)C(=O)NCCC1CCCNC1. The molecule has 2 atom stereocenters. The van der Waals surface area contributed by atoms with Gasteiger partial charge in [-0.3, -0.25) is 9.59 Å². The first-order chi connectivity index (χ1) is 14.0. The summed E-state index contributed by atoms with van der Waals surface area (Å²) >= 11 is 0. The molecule has 0 bridgehead atoms. The smallest absolute Gasteiger partial charge is 0.242 e. The van der Waals surface area contributed by atoms with Gasteiger partial charge in [0.2, 0.25) is 11.8 Å². The van der Waals surface area contributed by atoms with Gasteiger partial charge in [0.15, 0.2) is 0 Å². The Labute approximate surface area is 173 Å². The largest absolute Gasteiger partial charge is 0.354 e. The Hall–Kier alpha value is -2.40. The van der Waals surface area contributed by atoms with Gasteiger partial charge in [0.1, 0.15) is 6.04 Å². The van der Waals surface area contributed by atoms with Crippen molar-refractivity contribution in [1.29, 1.82) is 0 Å². The molecule has 2 aromatic rings. The zero-order valence-corrected chi connectivity index (χ0v) is 17.5. The van der Waals surface area contributed by atoms with E-state index in [1.807, 2.05) is 50.2 Å². The number of carbonyl (C=O) groups excluding carboxylic acids is 2. The number of rotatable bonds is 8. The number of amides is 2. The van der Waals surface area contributed by atoms with Gasteiger partial charge in [-0.25, -0.2) is 0 Å². The molecule has 0 saturated carbocycles. The molecule has 2 aromatic carbocycles. The van der Waals surface area contributed by atoms with Crippen LogP contribution >= 0.6 is 0 Å². The quantitative estimate of drug-likeness (QED) is 0.643. The van der Waals surface area contributed by atoms with E-state index in [1.54, 1.807) is 0 Å². The Morgan fingerprint density at radius 2 is 1.93 bits per heavy atom. The average Bonchev–Trinajstić information content (AvgIpc) is 2.72. The molecule has 1 saturated heterocycles. The highest BCUT2D eigenvalue weighted by Crippen LogP contribution is 2.16. The number of fused-ring (bicyclic) bond motifs is 1. The van der Waals surface area contributed by atoms with E-state index in [9.17, 15) is 9.59 Å². The van der Waals surface area contributed by atoms with E-state index >= 15 is 0 Å². The van der Waals surface area contributed by atoms with Gasteiger partial charge in [0, 0.05) is 6.54 Å². The minimum atomic E-state index is -0.507. The third kappa shape index (κ3) is 6.29. The lowest BCUT2D eigenvalue weighted by Gasteiger charge is -2.24. The second-order valence-corrected chi connectivity index (χ2v) is 8.44. The molecule has 0 spiro atoms. The first-order valence-electron chi connectivity index (χ1n) is 10.8. The van der Waals surface area contributed by atoms with Crippen LogP contribution in [0, 0.1) is 11.8 Å². The molecule has 1 aliphatic rings. The summed E-state index contributed by atoms with van der Waals surface area (Å²) in [5, 5.41) is 11.6. The van der Waals surface area contributed by atoms with Gasteiger partial charge in [-0.2, -0.15) is 0 Å². The maximum Gasteiger partial charge on any atom is 0.242 e. The van der Waals surface area contributed by atoms with Gasteiger partial charge in [0.25, 0.3) is 0 Å². The van der Waals surface area contributed by atoms with Crippen LogP contribution in [-0.2, 0) is 16.0 Å². The van der Waals surface area contributed by atoms with Crippen molar-refractivity contribution >= 4 is 22.6 Å². The molecule has 3 N–H and O–H groups in total. The Morgan fingerprint density at radius 1 is 1.14 bits per heavy atom. The lowest BCUT2D eigenvalue weighted by molar-refractivity contribution is -0.129. The number of piperidine rings is 1. The molecule has 0 aliphatic carbocycles. The van der Waals surface area contributed by atoms with E-state index in [0.717, 1.165) is 35.8 Å². The van der Waals surface area contributed by atoms with Crippen LogP contribution in [0.4, 0.5) is 0 Å². The van der Waals surface area contributed by atoms with Crippen molar-refractivity contribution < 1.29 is 9.59 Å². The minimum Gasteiger partial charge on any atom is -0.354 e. The molecule has 1 fully saturated rings. The minimum absolute atomic E-state index is 0.0342. The number of hydrogen-bond acceptors (Lipinski definition) is 3. The Bertz CT molecular complexity index is 828. The zero-order valence-electron chi connectivity index (χ0n) is 17.5. The average molecular weight is 396 g/mol. The summed E-state index contributed by atoms with van der Waals surface area (Å²) in [6.45, 7) is 6.72. The molecule has 5 heteroatoms. The van der Waals surface area contributed by atoms with Gasteiger partial charge in [-0.15, -0.1) is 0 Å². The van der Waals surface area contributed by atoms with E-state index in [-0.39, 0.29) is 24.2 Å². The van der Waals surface area contributed by atoms with Gasteiger partial charge in [-0.05, 0) is 60.5 Å². The molecule has 1 aliphatic heterocycles. The number of hydrogen-bond donors (Lipinski definition) is 3. The number of benzene rings is 2. The highest BCUT2D eigenvalue weighted by molar-refractivity contribution is 5.89. The van der Waals surface area contributed by atoms with E-state index in [1.165, 1.54) is 12.8 Å². The van der Waals surface area contributed by atoms with Crippen molar-refractivity contribution in [3.63, 3.8) is 0 Å². The van der Waals surface area contributed by atoms with Gasteiger partial charge in [-0.1, -0.05) is 56.3 Å². The molecule has 156 valence electrons. The van der Waals surface area contributed by atoms with E-state index in [4.69, 9.17) is 0 Å². The zero-order chi connectivity index (χ0) is 20.6. The molecular formula is C24H33N3O2. The fraction of sp³-hybridized carbons (Fsp3) is 0.500. The van der Waals surface area contributed by atoms with Crippen LogP contribution in [0.25, 0.3) is 10.8 Å². The third-order valence-electron chi connectivity index (χ3n) is 5.69. The standard InChI is InChI=1S/C24H33N3O2/c1-17(2)23(24(29)26-13-11-18-6-5-12-25-16-18)27-22(28)15-19-9-10-20-7-3-4-8-21(20)14-19/h3-4,7-10,14,17-18,23,25H,5-6,11-13,15-16H2,1-2H3,(H,26,29)(H,27,28). The van der Waals surface area contributed by atoms with Crippen molar-refractivity contribution in [2.45, 2.75) is 45.6 Å². The highest BCUT2D eigenvalue weighted by Gasteiger charge is 2.24. The summed E-state index contributed by atoms with van der Waals surface area (Å²) in [5.74, 6) is 0.456. The number of carbonyl (C=O) groups is 2. The molecule has 5 nitrogen and oxygen atoms in total. The van der Waals surface area contributed by atoms with Crippen molar-refractivity contribution in [3.05, 3.63) is 48.0 Å². The summed E-state index contributed by atoms with van der Waals surface area (Å²) < 4.78 is 0. The Balaban J connectivity index is 1.51. The van der Waals surface area contributed by atoms with Crippen LogP contribution in [0.15, 0.2) is 42.5 Å². The molecule has 2 amide bonds. The van der Waals surface area contributed by atoms with Gasteiger partial charge < -0.3 is 16.0 Å². The van der Waals surface area contributed by atoms with Gasteiger partial charge >= 0.3 is 0 Å². The normalized spacial score (nSPS) is 17.8. The third-order valence-corrected chi connectivity index (χ3v) is 5.69. The first kappa shape index (κ1) is 21.3. The topological polar surface area (TPSA) is 70.2 Å². The van der Waals surface area contributed by atoms with Crippen LogP contribution < -0.4 is 16.0 Å². The summed E-state index contributed by atoms with van der Waals surface area (Å²) in [4.78, 5) is 25.2. The van der Waals surface area contributed by atoms with Crippen molar-refractivity contribution in [2.75, 3.05) is 19.6 Å². The van der Waals surface area contributed by atoms with E-state index in [2.05, 4.69) is 22.0 Å². The van der Waals surface area contributed by atoms with Crippen LogP contribution in [0.5, 0.6) is 0 Å². The molecular weight excluding hydrogens is 362 g/mol. The summed E-state index contributed by atoms with van der Waals surface area (Å²) in [7, 11) is 0. The molecule has 0 aromatic heterocycles. The van der Waals surface area contributed by atoms with Crippen LogP contribution in [0.2, 0.25) is 0 Å². The Morgan fingerprint density at radius 3 is 2.66 bits per heavy atom. The Kier molecular flexibility index (Phi) is 7.64. The molecule has 2 unspecified atom stereocenters. The monoisotopic (exact) mass is 395 g/mol. The van der Waals surface area contributed by atoms with E-state index < -0.39 is 6.04 Å². The van der Waals surface area contributed by atoms with Crippen molar-refractivity contribution in [2.24, 2.45) is 11.8 Å². The summed E-state index contributed by atoms with van der Waals surface area (Å²) in [6.07, 6.45) is 3.68. The van der Waals surface area contributed by atoms with Crippen LogP contribution in [0.3, 0.4) is 0 Å². The predicted molar refractivity (Wildman–Crippen MR) is 118 cm³/mol. The molecule has 0 radical (unpaired) electrons. The first-order valence-corrected chi connectivity index (χ1v) is 10.8. The van der Waals surface area contributed by atoms with Crippen LogP contribution in [0.1, 0.15) is 38.7 Å². The molecule has 29 heavy (non-hydrogen) atoms. The highest BCUT2D eigenvalue weighted by atomic mass is 16.2. The van der Waals surface area contributed by atoms with Crippen LogP contribution in [-0.4, -0.2) is 37.5 Å². The second-order valence-electron chi connectivity index (χ2n) is 8.44. The van der Waals surface area contributed by atoms with Crippen molar-refractivity contribution in [1.82, 2.24) is 16.0 Å². The summed E-state index contributed by atoms with van der Waals surface area (Å²) in [5.41, 5.74) is 0.953. The lowest BCUT2D eigenvalue weighted by Crippen LogP contribution is -2.50.